The van der Waals surface area contributed by atoms with Crippen LogP contribution < -0.4 is 0 Å². The Balaban J connectivity index is 1.83. The van der Waals surface area contributed by atoms with Gasteiger partial charge in [0.15, 0.2) is 0 Å². The summed E-state index contributed by atoms with van der Waals surface area (Å²) in [6.07, 6.45) is 4.84. The average Bonchev–Trinajstić information content (AvgIpc) is 3.11. The lowest BCUT2D eigenvalue weighted by Gasteiger charge is -2.27. The van der Waals surface area contributed by atoms with Crippen LogP contribution in [0.5, 0.6) is 0 Å². The zero-order valence-corrected chi connectivity index (χ0v) is 12.7. The lowest BCUT2D eigenvalue weighted by Crippen LogP contribution is -2.42. The lowest BCUT2D eigenvalue weighted by molar-refractivity contribution is -0.142. The molecular weight excluding hydrogens is 292 g/mol. The summed E-state index contributed by atoms with van der Waals surface area (Å²) in [6.45, 7) is 0. The van der Waals surface area contributed by atoms with Crippen LogP contribution >= 0.6 is 0 Å². The molecule has 116 valence electrons. The van der Waals surface area contributed by atoms with Gasteiger partial charge in [-0.2, -0.15) is 9.57 Å². The molecule has 3 unspecified atom stereocenters. The summed E-state index contributed by atoms with van der Waals surface area (Å²) in [6, 6.07) is 1.63. The Morgan fingerprint density at radius 3 is 2.52 bits per heavy atom. The fourth-order valence-electron chi connectivity index (χ4n) is 4.40. The molecular formula is C14H20N2O4S. The van der Waals surface area contributed by atoms with Crippen LogP contribution in [0.3, 0.4) is 0 Å². The van der Waals surface area contributed by atoms with E-state index < -0.39 is 33.4 Å². The van der Waals surface area contributed by atoms with E-state index in [4.69, 9.17) is 0 Å². The quantitative estimate of drug-likeness (QED) is 0.844. The Morgan fingerprint density at radius 1 is 1.33 bits per heavy atom. The number of rotatable bonds is 4. The van der Waals surface area contributed by atoms with E-state index in [-0.39, 0.29) is 11.8 Å². The molecule has 6 nitrogen and oxygen atoms in total. The van der Waals surface area contributed by atoms with Crippen LogP contribution in [-0.4, -0.2) is 41.6 Å². The molecule has 0 amide bonds. The third kappa shape index (κ3) is 2.34. The fourth-order valence-corrected chi connectivity index (χ4v) is 6.91. The summed E-state index contributed by atoms with van der Waals surface area (Å²) >= 11 is 0. The van der Waals surface area contributed by atoms with Gasteiger partial charge in [0.1, 0.15) is 0 Å². The van der Waals surface area contributed by atoms with Crippen molar-refractivity contribution in [2.45, 2.75) is 57.0 Å². The Bertz CT molecular complexity index is 589. The maximum absolute atomic E-state index is 12.8. The third-order valence-electron chi connectivity index (χ3n) is 5.37. The van der Waals surface area contributed by atoms with Gasteiger partial charge in [0, 0.05) is 12.1 Å². The Morgan fingerprint density at radius 2 is 2.00 bits per heavy atom. The largest absolute Gasteiger partial charge is 0.481 e. The second-order valence-electron chi connectivity index (χ2n) is 6.66. The van der Waals surface area contributed by atoms with Gasteiger partial charge in [0.2, 0.25) is 10.0 Å². The Labute approximate surface area is 124 Å². The molecule has 0 aromatic carbocycles. The van der Waals surface area contributed by atoms with Crippen molar-refractivity contribution in [2.75, 3.05) is 5.75 Å². The van der Waals surface area contributed by atoms with Gasteiger partial charge >= 0.3 is 5.97 Å². The molecule has 1 aliphatic carbocycles. The van der Waals surface area contributed by atoms with E-state index in [0.29, 0.717) is 25.7 Å². The van der Waals surface area contributed by atoms with Crippen LogP contribution in [0.1, 0.15) is 44.9 Å². The number of fused-ring (bicyclic) bond motifs is 2. The van der Waals surface area contributed by atoms with E-state index in [9.17, 15) is 23.6 Å². The van der Waals surface area contributed by atoms with Gasteiger partial charge in [-0.1, -0.05) is 12.8 Å². The van der Waals surface area contributed by atoms with Gasteiger partial charge < -0.3 is 5.11 Å². The van der Waals surface area contributed by atoms with E-state index >= 15 is 0 Å². The monoisotopic (exact) mass is 312 g/mol. The number of carbonyl (C=O) groups is 1. The molecule has 7 heteroatoms. The van der Waals surface area contributed by atoms with Crippen molar-refractivity contribution >= 4 is 16.0 Å². The van der Waals surface area contributed by atoms with E-state index in [1.807, 2.05) is 0 Å². The topological polar surface area (TPSA) is 98.5 Å². The van der Waals surface area contributed by atoms with Crippen LogP contribution in [0.2, 0.25) is 0 Å². The van der Waals surface area contributed by atoms with Crippen LogP contribution in [0.4, 0.5) is 0 Å². The zero-order valence-electron chi connectivity index (χ0n) is 11.9. The van der Waals surface area contributed by atoms with Crippen molar-refractivity contribution in [3.63, 3.8) is 0 Å². The highest BCUT2D eigenvalue weighted by atomic mass is 32.2. The second kappa shape index (κ2) is 4.96. The number of carboxylic acid groups (broad SMARTS) is 1. The minimum atomic E-state index is -3.57. The summed E-state index contributed by atoms with van der Waals surface area (Å²) < 4.78 is 27.0. The van der Waals surface area contributed by atoms with E-state index in [1.54, 1.807) is 0 Å². The van der Waals surface area contributed by atoms with Crippen molar-refractivity contribution in [3.05, 3.63) is 0 Å². The summed E-state index contributed by atoms with van der Waals surface area (Å²) in [4.78, 5) is 11.3. The lowest BCUT2D eigenvalue weighted by atomic mass is 9.89. The molecule has 2 aliphatic heterocycles. The van der Waals surface area contributed by atoms with Crippen molar-refractivity contribution in [3.8, 4) is 6.07 Å². The van der Waals surface area contributed by atoms with E-state index in [0.717, 1.165) is 19.3 Å². The normalized spacial score (nSPS) is 34.9. The molecule has 1 saturated carbocycles. The smallest absolute Gasteiger partial charge is 0.308 e. The predicted molar refractivity (Wildman–Crippen MR) is 74.7 cm³/mol. The summed E-state index contributed by atoms with van der Waals surface area (Å²) in [5.41, 5.74) is -0.764. The third-order valence-corrected chi connectivity index (χ3v) is 7.50. The van der Waals surface area contributed by atoms with Crippen molar-refractivity contribution in [2.24, 2.45) is 11.3 Å². The number of sulfonamides is 1. The maximum atomic E-state index is 12.8. The van der Waals surface area contributed by atoms with Crippen LogP contribution in [0.25, 0.3) is 0 Å². The Hall–Kier alpha value is -1.13. The number of aliphatic carboxylic acids is 1. The average molecular weight is 312 g/mol. The van der Waals surface area contributed by atoms with Gasteiger partial charge in [-0.25, -0.2) is 8.42 Å². The van der Waals surface area contributed by atoms with Crippen LogP contribution in [0.15, 0.2) is 0 Å². The first-order valence-electron chi connectivity index (χ1n) is 7.54. The number of hydrogen-bond donors (Lipinski definition) is 1. The minimum absolute atomic E-state index is 0.143. The molecule has 2 bridgehead atoms. The van der Waals surface area contributed by atoms with Gasteiger partial charge in [-0.05, 0) is 32.1 Å². The molecule has 3 fully saturated rings. The molecule has 0 aromatic rings. The molecule has 2 heterocycles. The molecule has 3 atom stereocenters. The molecule has 3 rings (SSSR count). The summed E-state index contributed by atoms with van der Waals surface area (Å²) in [5, 5.41) is 18.6. The van der Waals surface area contributed by atoms with E-state index in [2.05, 4.69) is 6.07 Å². The summed E-state index contributed by atoms with van der Waals surface area (Å²) in [5.74, 6) is -1.63. The highest BCUT2D eigenvalue weighted by Crippen LogP contribution is 2.46. The molecule has 2 saturated heterocycles. The summed E-state index contributed by atoms with van der Waals surface area (Å²) in [7, 11) is -3.57. The van der Waals surface area contributed by atoms with Gasteiger partial charge in [-0.3, -0.25) is 4.79 Å². The highest BCUT2D eigenvalue weighted by molar-refractivity contribution is 7.89. The molecule has 0 aromatic heterocycles. The highest BCUT2D eigenvalue weighted by Gasteiger charge is 2.55. The molecule has 1 N–H and O–H groups in total. The molecule has 0 radical (unpaired) electrons. The number of nitriles is 1. The zero-order chi connectivity index (χ0) is 15.3. The van der Waals surface area contributed by atoms with Crippen molar-refractivity contribution in [1.82, 2.24) is 4.31 Å². The fraction of sp³-hybridized carbons (Fsp3) is 0.857. The van der Waals surface area contributed by atoms with Crippen molar-refractivity contribution in [1.29, 1.82) is 5.26 Å². The first-order chi connectivity index (χ1) is 9.88. The molecule has 21 heavy (non-hydrogen) atoms. The van der Waals surface area contributed by atoms with E-state index in [1.165, 1.54) is 4.31 Å². The predicted octanol–water partition coefficient (Wildman–Crippen LogP) is 1.34. The van der Waals surface area contributed by atoms with Gasteiger partial charge in [-0.15, -0.1) is 0 Å². The van der Waals surface area contributed by atoms with Gasteiger partial charge in [0.05, 0.1) is 23.2 Å². The molecule has 0 spiro atoms. The first-order valence-corrected chi connectivity index (χ1v) is 9.15. The standard InChI is InChI=1S/C14H20N2O4S/c15-8-14(5-1-2-6-14)9-21(19,20)16-10-3-4-12(16)11(7-10)13(17)18/h10-12H,1-7,9H2,(H,17,18). The maximum Gasteiger partial charge on any atom is 0.308 e. The first kappa shape index (κ1) is 14.8. The van der Waals surface area contributed by atoms with Crippen molar-refractivity contribution < 1.29 is 18.3 Å². The minimum Gasteiger partial charge on any atom is -0.481 e. The van der Waals surface area contributed by atoms with Crippen LogP contribution in [-0.2, 0) is 14.8 Å². The van der Waals surface area contributed by atoms with Gasteiger partial charge in [0.25, 0.3) is 0 Å². The Kier molecular flexibility index (Phi) is 3.49. The molecule has 3 aliphatic rings. The number of hydrogen-bond acceptors (Lipinski definition) is 4. The second-order valence-corrected chi connectivity index (χ2v) is 8.54. The number of carboxylic acids is 1. The number of nitrogens with zero attached hydrogens (tertiary/aromatic N) is 2. The SMILES string of the molecule is N#CC1(CS(=O)(=O)N2C3CCC2C(C(=O)O)C3)CCCC1. The van der Waals surface area contributed by atoms with Crippen LogP contribution in [0, 0.1) is 22.7 Å².